The van der Waals surface area contributed by atoms with Gasteiger partial charge in [0.05, 0.1) is 5.60 Å². The van der Waals surface area contributed by atoms with E-state index in [1.165, 1.54) is 31.3 Å². The molecule has 0 amide bonds. The Morgan fingerprint density at radius 2 is 2.04 bits per heavy atom. The Kier molecular flexibility index (Phi) is 3.60. The molecule has 1 aliphatic heterocycles. The van der Waals surface area contributed by atoms with Gasteiger partial charge >= 0.3 is 0 Å². The highest BCUT2D eigenvalue weighted by Crippen LogP contribution is 2.68. The van der Waals surface area contributed by atoms with Crippen LogP contribution in [-0.2, 0) is 9.53 Å². The van der Waals surface area contributed by atoms with E-state index in [1.54, 1.807) is 0 Å². The Morgan fingerprint density at radius 1 is 1.16 bits per heavy atom. The zero-order chi connectivity index (χ0) is 17.2. The van der Waals surface area contributed by atoms with Crippen molar-refractivity contribution in [2.24, 2.45) is 29.1 Å². The van der Waals surface area contributed by atoms with Crippen LogP contribution in [0.5, 0.6) is 0 Å². The van der Waals surface area contributed by atoms with Crippen LogP contribution in [0.1, 0.15) is 64.7 Å². The standard InChI is InChI=1S/C22H30O3/c1-2-21-10-7-17-16-6-4-15(23)13-14(16)3-5-18(17)19(21)8-11-22(21)12-9-20(24)25-22/h9,12-13,16-20,24H,2-8,10-11H2,1H3/t16?,17?,18?,19?,20?,21?,22-/m1/s1. The van der Waals surface area contributed by atoms with E-state index in [1.807, 2.05) is 12.2 Å². The van der Waals surface area contributed by atoms with Crippen LogP contribution < -0.4 is 0 Å². The summed E-state index contributed by atoms with van der Waals surface area (Å²) in [5.74, 6) is 3.27. The molecular weight excluding hydrogens is 312 g/mol. The van der Waals surface area contributed by atoms with Crippen molar-refractivity contribution < 1.29 is 14.6 Å². The van der Waals surface area contributed by atoms with Gasteiger partial charge in [-0.15, -0.1) is 0 Å². The molecule has 1 spiro atoms. The second kappa shape index (κ2) is 5.53. The summed E-state index contributed by atoms with van der Waals surface area (Å²) in [6.07, 6.45) is 15.5. The van der Waals surface area contributed by atoms with Crippen LogP contribution >= 0.6 is 0 Å². The van der Waals surface area contributed by atoms with Crippen LogP contribution in [0, 0.1) is 29.1 Å². The van der Waals surface area contributed by atoms with Gasteiger partial charge in [-0.3, -0.25) is 4.79 Å². The number of allylic oxidation sites excluding steroid dienone is 1. The first kappa shape index (κ1) is 16.3. The molecule has 0 aromatic rings. The molecule has 0 aromatic heterocycles. The van der Waals surface area contributed by atoms with Crippen molar-refractivity contribution in [3.8, 4) is 0 Å². The van der Waals surface area contributed by atoms with Crippen molar-refractivity contribution in [3.63, 3.8) is 0 Å². The van der Waals surface area contributed by atoms with Crippen LogP contribution in [-0.4, -0.2) is 22.8 Å². The SMILES string of the molecule is CCC12CCC3C4CCC(=O)C=C4CCC3C1CC[C@@]21C=CC(O)O1. The average molecular weight is 342 g/mol. The van der Waals surface area contributed by atoms with Crippen LogP contribution in [0.4, 0.5) is 0 Å². The number of aliphatic hydroxyl groups excluding tert-OH is 1. The van der Waals surface area contributed by atoms with Crippen LogP contribution in [0.3, 0.4) is 0 Å². The van der Waals surface area contributed by atoms with Crippen molar-refractivity contribution in [2.45, 2.75) is 76.6 Å². The maximum absolute atomic E-state index is 11.8. The minimum atomic E-state index is -0.717. The summed E-state index contributed by atoms with van der Waals surface area (Å²) in [5.41, 5.74) is 1.44. The molecule has 0 aromatic carbocycles. The molecule has 6 unspecified atom stereocenters. The van der Waals surface area contributed by atoms with E-state index in [2.05, 4.69) is 13.0 Å². The van der Waals surface area contributed by atoms with E-state index in [0.717, 1.165) is 43.9 Å². The van der Waals surface area contributed by atoms with Gasteiger partial charge in [0.1, 0.15) is 0 Å². The zero-order valence-electron chi connectivity index (χ0n) is 15.2. The minimum absolute atomic E-state index is 0.202. The van der Waals surface area contributed by atoms with Crippen LogP contribution in [0.15, 0.2) is 23.8 Å². The third-order valence-electron chi connectivity index (χ3n) is 8.67. The number of ketones is 1. The van der Waals surface area contributed by atoms with Gasteiger partial charge in [-0.25, -0.2) is 0 Å². The molecule has 4 aliphatic carbocycles. The lowest BCUT2D eigenvalue weighted by molar-refractivity contribution is -0.187. The lowest BCUT2D eigenvalue weighted by Crippen LogP contribution is -2.53. The van der Waals surface area contributed by atoms with E-state index < -0.39 is 6.29 Å². The Morgan fingerprint density at radius 3 is 2.80 bits per heavy atom. The Balaban J connectivity index is 1.48. The van der Waals surface area contributed by atoms with Crippen molar-refractivity contribution >= 4 is 5.78 Å². The summed E-state index contributed by atoms with van der Waals surface area (Å²) < 4.78 is 6.16. The van der Waals surface area contributed by atoms with Gasteiger partial charge in [-0.1, -0.05) is 18.6 Å². The van der Waals surface area contributed by atoms with Gasteiger partial charge in [-0.05, 0) is 87.2 Å². The predicted molar refractivity (Wildman–Crippen MR) is 95.7 cm³/mol. The van der Waals surface area contributed by atoms with Crippen molar-refractivity contribution in [3.05, 3.63) is 23.8 Å². The first-order valence-electron chi connectivity index (χ1n) is 10.4. The monoisotopic (exact) mass is 342 g/mol. The molecule has 5 rings (SSSR count). The highest BCUT2D eigenvalue weighted by molar-refractivity contribution is 5.91. The molecular formula is C22H30O3. The molecule has 0 bridgehead atoms. The molecule has 3 heteroatoms. The molecule has 3 nitrogen and oxygen atoms in total. The fraction of sp³-hybridized carbons (Fsp3) is 0.773. The predicted octanol–water partition coefficient (Wildman–Crippen LogP) is 4.16. The number of carbonyl (C=O) groups is 1. The smallest absolute Gasteiger partial charge is 0.175 e. The molecule has 25 heavy (non-hydrogen) atoms. The van der Waals surface area contributed by atoms with Gasteiger partial charge in [-0.2, -0.15) is 0 Å². The summed E-state index contributed by atoms with van der Waals surface area (Å²) in [5, 5.41) is 10.0. The van der Waals surface area contributed by atoms with Gasteiger partial charge in [0.15, 0.2) is 12.1 Å². The van der Waals surface area contributed by atoms with Gasteiger partial charge in [0.2, 0.25) is 0 Å². The molecule has 3 fully saturated rings. The van der Waals surface area contributed by atoms with Crippen molar-refractivity contribution in [2.75, 3.05) is 0 Å². The molecule has 1 heterocycles. The van der Waals surface area contributed by atoms with Crippen molar-refractivity contribution in [1.82, 2.24) is 0 Å². The number of aliphatic hydroxyl groups is 1. The van der Waals surface area contributed by atoms with E-state index >= 15 is 0 Å². The molecule has 0 radical (unpaired) electrons. The summed E-state index contributed by atoms with van der Waals surface area (Å²) in [6.45, 7) is 2.33. The molecule has 0 saturated heterocycles. The lowest BCUT2D eigenvalue weighted by Gasteiger charge is -2.56. The highest BCUT2D eigenvalue weighted by atomic mass is 16.6. The molecule has 136 valence electrons. The third kappa shape index (κ3) is 2.09. The maximum atomic E-state index is 11.8. The average Bonchev–Trinajstić information content (AvgIpc) is 3.16. The van der Waals surface area contributed by atoms with E-state index in [9.17, 15) is 9.90 Å². The number of carbonyl (C=O) groups excluding carboxylic acids is 1. The Bertz CT molecular complexity index is 650. The molecule has 7 atom stereocenters. The fourth-order valence-corrected chi connectivity index (χ4v) is 7.73. The summed E-state index contributed by atoms with van der Waals surface area (Å²) in [7, 11) is 0. The normalized spacial score (nSPS) is 51.2. The second-order valence-corrected chi connectivity index (χ2v) is 9.15. The quantitative estimate of drug-likeness (QED) is 0.728. The lowest BCUT2D eigenvalue weighted by atomic mass is 9.49. The molecule has 5 aliphatic rings. The van der Waals surface area contributed by atoms with Crippen LogP contribution in [0.25, 0.3) is 0 Å². The van der Waals surface area contributed by atoms with E-state index in [-0.39, 0.29) is 11.0 Å². The van der Waals surface area contributed by atoms with E-state index in [0.29, 0.717) is 17.6 Å². The second-order valence-electron chi connectivity index (χ2n) is 9.15. The molecule has 3 saturated carbocycles. The summed E-state index contributed by atoms with van der Waals surface area (Å²) in [6, 6.07) is 0. The maximum Gasteiger partial charge on any atom is 0.175 e. The number of ether oxygens (including phenoxy) is 1. The third-order valence-corrected chi connectivity index (χ3v) is 8.67. The van der Waals surface area contributed by atoms with Gasteiger partial charge in [0.25, 0.3) is 0 Å². The van der Waals surface area contributed by atoms with Gasteiger partial charge < -0.3 is 9.84 Å². The highest BCUT2D eigenvalue weighted by Gasteiger charge is 2.65. The van der Waals surface area contributed by atoms with Crippen molar-refractivity contribution in [1.29, 1.82) is 0 Å². The van der Waals surface area contributed by atoms with Crippen LogP contribution in [0.2, 0.25) is 0 Å². The number of fused-ring (bicyclic) bond motifs is 6. The summed E-state index contributed by atoms with van der Waals surface area (Å²) in [4.78, 5) is 11.8. The topological polar surface area (TPSA) is 46.5 Å². The summed E-state index contributed by atoms with van der Waals surface area (Å²) >= 11 is 0. The van der Waals surface area contributed by atoms with E-state index in [4.69, 9.17) is 4.74 Å². The Hall–Kier alpha value is -0.930. The number of hydrogen-bond acceptors (Lipinski definition) is 3. The number of rotatable bonds is 1. The molecule has 1 N–H and O–H groups in total. The largest absolute Gasteiger partial charge is 0.365 e. The first-order valence-corrected chi connectivity index (χ1v) is 10.4. The Labute approximate surface area is 150 Å². The number of hydrogen-bond donors (Lipinski definition) is 1. The minimum Gasteiger partial charge on any atom is -0.365 e. The first-order chi connectivity index (χ1) is 12.1. The zero-order valence-corrected chi connectivity index (χ0v) is 15.2. The van der Waals surface area contributed by atoms with Gasteiger partial charge in [0, 0.05) is 11.8 Å². The fourth-order valence-electron chi connectivity index (χ4n) is 7.73.